The predicted octanol–water partition coefficient (Wildman–Crippen LogP) is 1.17. The number of hydrogen-bond acceptors (Lipinski definition) is 4. The number of aromatic hydroxyl groups is 1. The summed E-state index contributed by atoms with van der Waals surface area (Å²) in [6.45, 7) is 0. The fourth-order valence-corrected chi connectivity index (χ4v) is 1.42. The predicted molar refractivity (Wildman–Crippen MR) is 62.7 cm³/mol. The van der Waals surface area contributed by atoms with Gasteiger partial charge in [0.1, 0.15) is 0 Å². The lowest BCUT2D eigenvalue weighted by Gasteiger charge is -2.05. The van der Waals surface area contributed by atoms with E-state index in [1.165, 1.54) is 19.4 Å². The molecule has 0 aliphatic carbocycles. The van der Waals surface area contributed by atoms with Crippen molar-refractivity contribution in [2.24, 2.45) is 10.8 Å². The molecule has 1 aromatic rings. The van der Waals surface area contributed by atoms with Crippen LogP contribution in [0.5, 0.6) is 11.5 Å². The quantitative estimate of drug-likeness (QED) is 0.575. The number of phenolic OH excluding ortho intramolecular Hbond substituents is 1. The van der Waals surface area contributed by atoms with Crippen molar-refractivity contribution in [3.8, 4) is 11.5 Å². The van der Waals surface area contributed by atoms with Gasteiger partial charge in [0.2, 0.25) is 0 Å². The van der Waals surface area contributed by atoms with Crippen molar-refractivity contribution >= 4 is 28.2 Å². The van der Waals surface area contributed by atoms with Crippen LogP contribution in [0.1, 0.15) is 5.56 Å². The molecule has 2 amide bonds. The van der Waals surface area contributed by atoms with Gasteiger partial charge in [-0.1, -0.05) is 0 Å². The zero-order chi connectivity index (χ0) is 12.1. The fraction of sp³-hybridized carbons (Fsp3) is 0.111. The van der Waals surface area contributed by atoms with Crippen molar-refractivity contribution in [2.75, 3.05) is 7.11 Å². The largest absolute Gasteiger partial charge is 0.504 e. The highest BCUT2D eigenvalue weighted by Crippen LogP contribution is 2.31. The SMILES string of the molecule is COc1cc(/C=N/NC(N)=O)c(Br)cc1O. The van der Waals surface area contributed by atoms with E-state index in [4.69, 9.17) is 10.5 Å². The van der Waals surface area contributed by atoms with E-state index < -0.39 is 6.03 Å². The Morgan fingerprint density at radius 3 is 2.94 bits per heavy atom. The molecule has 16 heavy (non-hydrogen) atoms. The molecule has 0 bridgehead atoms. The highest BCUT2D eigenvalue weighted by Gasteiger charge is 2.06. The number of hydrogen-bond donors (Lipinski definition) is 3. The van der Waals surface area contributed by atoms with Gasteiger partial charge in [-0.25, -0.2) is 10.2 Å². The van der Waals surface area contributed by atoms with Crippen molar-refractivity contribution in [3.63, 3.8) is 0 Å². The number of nitrogens with two attached hydrogens (primary N) is 1. The molecule has 86 valence electrons. The van der Waals surface area contributed by atoms with E-state index in [1.807, 2.05) is 0 Å². The maximum absolute atomic E-state index is 10.4. The highest BCUT2D eigenvalue weighted by atomic mass is 79.9. The van der Waals surface area contributed by atoms with Gasteiger partial charge in [-0.05, 0) is 28.1 Å². The minimum atomic E-state index is -0.752. The van der Waals surface area contributed by atoms with Gasteiger partial charge < -0.3 is 15.6 Å². The molecule has 6 nitrogen and oxygen atoms in total. The summed E-state index contributed by atoms with van der Waals surface area (Å²) < 4.78 is 5.54. The molecule has 1 aromatic carbocycles. The lowest BCUT2D eigenvalue weighted by Crippen LogP contribution is -2.24. The molecule has 1 rings (SSSR count). The van der Waals surface area contributed by atoms with Gasteiger partial charge in [0.05, 0.1) is 13.3 Å². The second-order valence-electron chi connectivity index (χ2n) is 2.78. The van der Waals surface area contributed by atoms with Gasteiger partial charge in [-0.3, -0.25) is 0 Å². The van der Waals surface area contributed by atoms with E-state index in [1.54, 1.807) is 6.07 Å². The van der Waals surface area contributed by atoms with Crippen molar-refractivity contribution < 1.29 is 14.6 Å². The van der Waals surface area contributed by atoms with Gasteiger partial charge in [-0.2, -0.15) is 5.10 Å². The Balaban J connectivity index is 2.95. The van der Waals surface area contributed by atoms with Crippen LogP contribution in [0.15, 0.2) is 21.7 Å². The Hall–Kier alpha value is -1.76. The van der Waals surface area contributed by atoms with Crippen LogP contribution in [0, 0.1) is 0 Å². The number of carbonyl (C=O) groups is 1. The minimum absolute atomic E-state index is 0.00869. The van der Waals surface area contributed by atoms with E-state index in [0.29, 0.717) is 15.8 Å². The number of rotatable bonds is 3. The van der Waals surface area contributed by atoms with Crippen molar-refractivity contribution in [1.29, 1.82) is 0 Å². The summed E-state index contributed by atoms with van der Waals surface area (Å²) >= 11 is 3.23. The number of ether oxygens (including phenoxy) is 1. The number of nitrogens with zero attached hydrogens (tertiary/aromatic N) is 1. The molecule has 0 fully saturated rings. The lowest BCUT2D eigenvalue weighted by atomic mass is 10.2. The molecule has 0 spiro atoms. The molecule has 0 heterocycles. The Bertz CT molecular complexity index is 434. The number of hydrazone groups is 1. The van der Waals surface area contributed by atoms with Crippen LogP contribution in [-0.2, 0) is 0 Å². The zero-order valence-electron chi connectivity index (χ0n) is 8.40. The number of benzene rings is 1. The fourth-order valence-electron chi connectivity index (χ4n) is 0.986. The highest BCUT2D eigenvalue weighted by molar-refractivity contribution is 9.10. The molecular formula is C9H10BrN3O3. The van der Waals surface area contributed by atoms with Crippen LogP contribution in [0.25, 0.3) is 0 Å². The number of urea groups is 1. The first kappa shape index (κ1) is 12.3. The van der Waals surface area contributed by atoms with Crippen molar-refractivity contribution in [1.82, 2.24) is 5.43 Å². The Morgan fingerprint density at radius 2 is 2.38 bits per heavy atom. The third-order valence-corrected chi connectivity index (χ3v) is 2.36. The Morgan fingerprint density at radius 1 is 1.69 bits per heavy atom. The molecule has 0 aliphatic heterocycles. The smallest absolute Gasteiger partial charge is 0.332 e. The second kappa shape index (κ2) is 5.36. The van der Waals surface area contributed by atoms with E-state index in [-0.39, 0.29) is 5.75 Å². The molecular weight excluding hydrogens is 278 g/mol. The topological polar surface area (TPSA) is 96.9 Å². The molecule has 7 heteroatoms. The summed E-state index contributed by atoms with van der Waals surface area (Å²) in [5.74, 6) is 0.318. The molecule has 0 saturated heterocycles. The number of methoxy groups -OCH3 is 1. The summed E-state index contributed by atoms with van der Waals surface area (Å²) in [4.78, 5) is 10.4. The summed E-state index contributed by atoms with van der Waals surface area (Å²) in [5.41, 5.74) is 7.52. The molecule has 0 unspecified atom stereocenters. The first-order chi connectivity index (χ1) is 7.54. The normalized spacial score (nSPS) is 10.4. The molecule has 0 saturated carbocycles. The van der Waals surface area contributed by atoms with Gasteiger partial charge in [0, 0.05) is 10.0 Å². The first-order valence-electron chi connectivity index (χ1n) is 4.19. The van der Waals surface area contributed by atoms with Crippen molar-refractivity contribution in [3.05, 3.63) is 22.2 Å². The monoisotopic (exact) mass is 287 g/mol. The van der Waals surface area contributed by atoms with E-state index in [0.717, 1.165) is 0 Å². The number of nitrogens with one attached hydrogen (secondary N) is 1. The summed E-state index contributed by atoms with van der Waals surface area (Å²) in [7, 11) is 1.44. The standard InChI is InChI=1S/C9H10BrN3O3/c1-16-8-2-5(4-12-13-9(11)15)6(10)3-7(8)14/h2-4,14H,1H3,(H3,11,13,15)/b12-4+. The van der Waals surface area contributed by atoms with E-state index in [2.05, 4.69) is 26.5 Å². The summed E-state index contributed by atoms with van der Waals surface area (Å²) in [6, 6.07) is 2.27. The molecule has 0 aromatic heterocycles. The zero-order valence-corrected chi connectivity index (χ0v) is 9.98. The van der Waals surface area contributed by atoms with Crippen LogP contribution in [0.2, 0.25) is 0 Å². The third-order valence-electron chi connectivity index (χ3n) is 1.68. The number of phenols is 1. The summed E-state index contributed by atoms with van der Waals surface area (Å²) in [6.07, 6.45) is 1.37. The van der Waals surface area contributed by atoms with Crippen LogP contribution in [0.3, 0.4) is 0 Å². The maximum Gasteiger partial charge on any atom is 0.332 e. The molecule has 4 N–H and O–H groups in total. The average molecular weight is 288 g/mol. The van der Waals surface area contributed by atoms with Crippen LogP contribution in [-0.4, -0.2) is 24.5 Å². The van der Waals surface area contributed by atoms with Gasteiger partial charge in [-0.15, -0.1) is 0 Å². The van der Waals surface area contributed by atoms with E-state index >= 15 is 0 Å². The number of amides is 2. The number of carbonyl (C=O) groups excluding carboxylic acids is 1. The number of halogens is 1. The van der Waals surface area contributed by atoms with E-state index in [9.17, 15) is 9.90 Å². The third kappa shape index (κ3) is 3.13. The van der Waals surface area contributed by atoms with Crippen LogP contribution in [0.4, 0.5) is 4.79 Å². The summed E-state index contributed by atoms with van der Waals surface area (Å²) in [5, 5.41) is 13.0. The lowest BCUT2D eigenvalue weighted by molar-refractivity contribution is 0.249. The molecule has 0 atom stereocenters. The van der Waals surface area contributed by atoms with Gasteiger partial charge in [0.15, 0.2) is 11.5 Å². The minimum Gasteiger partial charge on any atom is -0.504 e. The molecule has 0 aliphatic rings. The second-order valence-corrected chi connectivity index (χ2v) is 3.63. The molecule has 0 radical (unpaired) electrons. The first-order valence-corrected chi connectivity index (χ1v) is 4.99. The Kier molecular flexibility index (Phi) is 4.12. The average Bonchev–Trinajstić information content (AvgIpc) is 2.20. The van der Waals surface area contributed by atoms with Crippen LogP contribution >= 0.6 is 15.9 Å². The van der Waals surface area contributed by atoms with Gasteiger partial charge >= 0.3 is 6.03 Å². The Labute approximate surface area is 100 Å². The van der Waals surface area contributed by atoms with Gasteiger partial charge in [0.25, 0.3) is 0 Å². The maximum atomic E-state index is 10.4. The number of primary amides is 1. The van der Waals surface area contributed by atoms with Crippen molar-refractivity contribution in [2.45, 2.75) is 0 Å². The van der Waals surface area contributed by atoms with Crippen LogP contribution < -0.4 is 15.9 Å².